The summed E-state index contributed by atoms with van der Waals surface area (Å²) in [5.41, 5.74) is 1.54. The summed E-state index contributed by atoms with van der Waals surface area (Å²) < 4.78 is 20.7. The topological polar surface area (TPSA) is 76.5 Å². The van der Waals surface area contributed by atoms with Gasteiger partial charge in [-0.25, -0.2) is 9.07 Å². The van der Waals surface area contributed by atoms with Gasteiger partial charge in [0.25, 0.3) is 5.91 Å². The number of carbonyl (C=O) groups excluding carboxylic acids is 2. The van der Waals surface area contributed by atoms with Crippen molar-refractivity contribution in [3.8, 4) is 11.4 Å². The number of benzene rings is 2. The smallest absolute Gasteiger partial charge is 0.254 e. The van der Waals surface area contributed by atoms with E-state index in [2.05, 4.69) is 5.32 Å². The van der Waals surface area contributed by atoms with Crippen LogP contribution in [0.3, 0.4) is 0 Å². The molecule has 1 N–H and O–H groups in total. The highest BCUT2D eigenvalue weighted by atomic mass is 19.1. The molecule has 0 spiro atoms. The molecule has 3 rings (SSSR count). The maximum absolute atomic E-state index is 13.7. The van der Waals surface area contributed by atoms with Crippen LogP contribution in [0.2, 0.25) is 0 Å². The minimum absolute atomic E-state index is 0.166. The van der Waals surface area contributed by atoms with E-state index in [1.54, 1.807) is 17.9 Å². The first-order valence-corrected chi connectivity index (χ1v) is 12.1. The van der Waals surface area contributed by atoms with Gasteiger partial charge in [0.15, 0.2) is 0 Å². The first-order valence-electron chi connectivity index (χ1n) is 12.1. The molecule has 1 heterocycles. The first kappa shape index (κ1) is 26.9. The van der Waals surface area contributed by atoms with Gasteiger partial charge in [-0.3, -0.25) is 9.59 Å². The lowest BCUT2D eigenvalue weighted by Crippen LogP contribution is -2.39. The van der Waals surface area contributed by atoms with Crippen molar-refractivity contribution in [3.63, 3.8) is 0 Å². The Bertz CT molecular complexity index is 1200. The lowest BCUT2D eigenvalue weighted by Gasteiger charge is -2.23. The van der Waals surface area contributed by atoms with Gasteiger partial charge in [-0.05, 0) is 54.8 Å². The molecular formula is C28H35FN4O3. The molecule has 0 unspecified atom stereocenters. The Kier molecular flexibility index (Phi) is 8.50. The number of anilines is 1. The molecular weight excluding hydrogens is 459 g/mol. The highest BCUT2D eigenvalue weighted by molar-refractivity contribution is 5.99. The summed E-state index contributed by atoms with van der Waals surface area (Å²) in [5, 5.41) is 7.66. The number of ether oxygens (including phenoxy) is 1. The lowest BCUT2D eigenvalue weighted by atomic mass is 9.92. The van der Waals surface area contributed by atoms with Crippen LogP contribution in [0.5, 0.6) is 5.75 Å². The largest absolute Gasteiger partial charge is 0.497 e. The third-order valence-electron chi connectivity index (χ3n) is 5.73. The average molecular weight is 495 g/mol. The number of rotatable bonds is 9. The molecule has 3 aromatic rings. The van der Waals surface area contributed by atoms with E-state index in [1.807, 2.05) is 65.0 Å². The molecule has 0 radical (unpaired) electrons. The number of aromatic nitrogens is 2. The fourth-order valence-corrected chi connectivity index (χ4v) is 3.58. The van der Waals surface area contributed by atoms with Crippen LogP contribution in [0, 0.1) is 11.7 Å². The second kappa shape index (κ2) is 11.4. The van der Waals surface area contributed by atoms with Crippen LogP contribution in [0.1, 0.15) is 57.1 Å². The van der Waals surface area contributed by atoms with Gasteiger partial charge in [0.05, 0.1) is 18.5 Å². The highest BCUT2D eigenvalue weighted by Gasteiger charge is 2.24. The molecule has 0 saturated heterocycles. The SMILES string of the molecule is COc1ccc(-n2nc(C(C)(C)C)cc2NC(=O)CN(CCC(C)C)C(=O)c2cccc(F)c2)cc1. The predicted molar refractivity (Wildman–Crippen MR) is 139 cm³/mol. The minimum Gasteiger partial charge on any atom is -0.497 e. The number of nitrogens with one attached hydrogen (secondary N) is 1. The van der Waals surface area contributed by atoms with E-state index in [1.165, 1.54) is 23.1 Å². The zero-order chi connectivity index (χ0) is 26.5. The van der Waals surface area contributed by atoms with Crippen LogP contribution in [-0.2, 0) is 10.2 Å². The summed E-state index contributed by atoms with van der Waals surface area (Å²) in [7, 11) is 1.60. The van der Waals surface area contributed by atoms with Crippen molar-refractivity contribution in [2.45, 2.75) is 46.5 Å². The van der Waals surface area contributed by atoms with Crippen molar-refractivity contribution in [3.05, 3.63) is 71.7 Å². The number of nitrogens with zero attached hydrogens (tertiary/aromatic N) is 3. The average Bonchev–Trinajstić information content (AvgIpc) is 3.25. The van der Waals surface area contributed by atoms with E-state index in [0.717, 1.165) is 11.4 Å². The molecule has 1 aromatic heterocycles. The van der Waals surface area contributed by atoms with E-state index >= 15 is 0 Å². The maximum Gasteiger partial charge on any atom is 0.254 e. The second-order valence-corrected chi connectivity index (χ2v) is 10.2. The summed E-state index contributed by atoms with van der Waals surface area (Å²) in [6.45, 7) is 10.4. The van der Waals surface area contributed by atoms with Gasteiger partial charge in [-0.2, -0.15) is 5.10 Å². The number of hydrogen-bond donors (Lipinski definition) is 1. The van der Waals surface area contributed by atoms with Gasteiger partial charge in [0, 0.05) is 23.6 Å². The molecule has 0 fully saturated rings. The highest BCUT2D eigenvalue weighted by Crippen LogP contribution is 2.27. The number of amides is 2. The van der Waals surface area contributed by atoms with Crippen LogP contribution in [0.4, 0.5) is 10.2 Å². The Morgan fingerprint density at radius 2 is 1.81 bits per heavy atom. The van der Waals surface area contributed by atoms with Crippen molar-refractivity contribution in [1.29, 1.82) is 0 Å². The molecule has 2 aromatic carbocycles. The van der Waals surface area contributed by atoms with E-state index in [0.29, 0.717) is 30.5 Å². The standard InChI is InChI=1S/C28H35FN4O3/c1-19(2)14-15-32(27(35)20-8-7-9-21(29)16-20)18-26(34)30-25-17-24(28(3,4)5)31-33(25)22-10-12-23(36-6)13-11-22/h7-13,16-17,19H,14-15,18H2,1-6H3,(H,30,34). The van der Waals surface area contributed by atoms with E-state index in [-0.39, 0.29) is 29.3 Å². The zero-order valence-corrected chi connectivity index (χ0v) is 21.8. The Balaban J connectivity index is 1.86. The van der Waals surface area contributed by atoms with Crippen molar-refractivity contribution in [2.75, 3.05) is 25.5 Å². The third-order valence-corrected chi connectivity index (χ3v) is 5.73. The zero-order valence-electron chi connectivity index (χ0n) is 21.8. The normalized spacial score (nSPS) is 11.4. The van der Waals surface area contributed by atoms with E-state index in [9.17, 15) is 14.0 Å². The molecule has 0 bridgehead atoms. The molecule has 0 aliphatic rings. The van der Waals surface area contributed by atoms with Gasteiger partial charge in [-0.15, -0.1) is 0 Å². The van der Waals surface area contributed by atoms with Crippen molar-refractivity contribution < 1.29 is 18.7 Å². The van der Waals surface area contributed by atoms with Crippen LogP contribution in [-0.4, -0.2) is 46.7 Å². The van der Waals surface area contributed by atoms with Crippen molar-refractivity contribution >= 4 is 17.6 Å². The summed E-state index contributed by atoms with van der Waals surface area (Å²) >= 11 is 0. The van der Waals surface area contributed by atoms with Gasteiger partial charge < -0.3 is 15.0 Å². The van der Waals surface area contributed by atoms with Gasteiger partial charge >= 0.3 is 0 Å². The molecule has 36 heavy (non-hydrogen) atoms. The molecule has 0 saturated carbocycles. The Morgan fingerprint density at radius 1 is 1.11 bits per heavy atom. The molecule has 7 nitrogen and oxygen atoms in total. The Hall–Kier alpha value is -3.68. The van der Waals surface area contributed by atoms with Crippen LogP contribution >= 0.6 is 0 Å². The summed E-state index contributed by atoms with van der Waals surface area (Å²) in [6.07, 6.45) is 0.715. The van der Waals surface area contributed by atoms with Gasteiger partial charge in [0.2, 0.25) is 5.91 Å². The quantitative estimate of drug-likeness (QED) is 0.430. The molecule has 0 atom stereocenters. The summed E-state index contributed by atoms with van der Waals surface area (Å²) in [5.74, 6) is 0.304. The lowest BCUT2D eigenvalue weighted by molar-refractivity contribution is -0.117. The molecule has 0 aliphatic heterocycles. The second-order valence-electron chi connectivity index (χ2n) is 10.2. The molecule has 8 heteroatoms. The molecule has 2 amide bonds. The summed E-state index contributed by atoms with van der Waals surface area (Å²) in [4.78, 5) is 27.8. The Morgan fingerprint density at radius 3 is 2.39 bits per heavy atom. The molecule has 0 aliphatic carbocycles. The number of carbonyl (C=O) groups is 2. The third kappa shape index (κ3) is 6.93. The van der Waals surface area contributed by atoms with Crippen molar-refractivity contribution in [1.82, 2.24) is 14.7 Å². The van der Waals surface area contributed by atoms with Crippen LogP contribution < -0.4 is 10.1 Å². The molecule has 192 valence electrons. The van der Waals surface area contributed by atoms with E-state index < -0.39 is 5.82 Å². The van der Waals surface area contributed by atoms with E-state index in [4.69, 9.17) is 9.84 Å². The van der Waals surface area contributed by atoms with Gasteiger partial charge in [-0.1, -0.05) is 40.7 Å². The number of halogens is 1. The predicted octanol–water partition coefficient (Wildman–Crippen LogP) is 5.44. The maximum atomic E-state index is 13.7. The fraction of sp³-hybridized carbons (Fsp3) is 0.393. The van der Waals surface area contributed by atoms with Crippen LogP contribution in [0.25, 0.3) is 5.69 Å². The monoisotopic (exact) mass is 494 g/mol. The minimum atomic E-state index is -0.493. The summed E-state index contributed by atoms with van der Waals surface area (Å²) in [6, 6.07) is 14.7. The number of hydrogen-bond acceptors (Lipinski definition) is 4. The van der Waals surface area contributed by atoms with Crippen LogP contribution in [0.15, 0.2) is 54.6 Å². The fourth-order valence-electron chi connectivity index (χ4n) is 3.58. The number of methoxy groups -OCH3 is 1. The van der Waals surface area contributed by atoms with Crippen molar-refractivity contribution in [2.24, 2.45) is 5.92 Å². The Labute approximate surface area is 212 Å². The first-order chi connectivity index (χ1) is 17.0. The van der Waals surface area contributed by atoms with Gasteiger partial charge in [0.1, 0.15) is 23.9 Å².